The van der Waals surface area contributed by atoms with Gasteiger partial charge in [0.05, 0.1) is 4.90 Å². The summed E-state index contributed by atoms with van der Waals surface area (Å²) in [4.78, 5) is 11.3. The van der Waals surface area contributed by atoms with Gasteiger partial charge < -0.3 is 5.11 Å². The van der Waals surface area contributed by atoms with Crippen molar-refractivity contribution < 1.29 is 18.3 Å². The Kier molecular flexibility index (Phi) is 3.84. The normalized spacial score (nSPS) is 19.6. The van der Waals surface area contributed by atoms with E-state index in [9.17, 15) is 18.3 Å². The fourth-order valence-electron chi connectivity index (χ4n) is 2.88. The van der Waals surface area contributed by atoms with Gasteiger partial charge in [0.25, 0.3) is 0 Å². The Balaban J connectivity index is 2.20. The molecule has 0 saturated carbocycles. The zero-order valence-electron chi connectivity index (χ0n) is 11.6. The summed E-state index contributed by atoms with van der Waals surface area (Å²) in [5.74, 6) is -1.12. The number of carbonyl (C=O) groups is 1. The first-order valence-electron chi connectivity index (χ1n) is 6.85. The second-order valence-electron chi connectivity index (χ2n) is 5.21. The number of sulfonamides is 1. The summed E-state index contributed by atoms with van der Waals surface area (Å²) >= 11 is 6.17. The molecular weight excluding hydrogens is 326 g/mol. The van der Waals surface area contributed by atoms with Crippen LogP contribution in [0.25, 0.3) is 10.8 Å². The Bertz CT molecular complexity index is 844. The van der Waals surface area contributed by atoms with Gasteiger partial charge in [-0.25, -0.2) is 8.42 Å². The van der Waals surface area contributed by atoms with Crippen LogP contribution in [0.1, 0.15) is 12.8 Å². The van der Waals surface area contributed by atoms with Gasteiger partial charge in [-0.2, -0.15) is 4.31 Å². The van der Waals surface area contributed by atoms with Crippen LogP contribution in [0.5, 0.6) is 0 Å². The van der Waals surface area contributed by atoms with E-state index in [2.05, 4.69) is 0 Å². The van der Waals surface area contributed by atoms with E-state index >= 15 is 0 Å². The van der Waals surface area contributed by atoms with E-state index in [1.54, 1.807) is 30.3 Å². The Morgan fingerprint density at radius 3 is 2.59 bits per heavy atom. The molecule has 5 nitrogen and oxygen atoms in total. The zero-order valence-corrected chi connectivity index (χ0v) is 13.1. The number of aliphatic carboxylic acids is 1. The van der Waals surface area contributed by atoms with E-state index in [4.69, 9.17) is 11.6 Å². The van der Waals surface area contributed by atoms with Crippen LogP contribution in [0.4, 0.5) is 0 Å². The van der Waals surface area contributed by atoms with Crippen LogP contribution in [0.2, 0.25) is 5.02 Å². The first kappa shape index (κ1) is 15.3. The van der Waals surface area contributed by atoms with Crippen molar-refractivity contribution in [3.8, 4) is 0 Å². The number of fused-ring (bicyclic) bond motifs is 1. The number of hydrogen-bond acceptors (Lipinski definition) is 3. The molecule has 1 fully saturated rings. The van der Waals surface area contributed by atoms with E-state index in [1.165, 1.54) is 6.07 Å². The molecule has 0 unspecified atom stereocenters. The highest BCUT2D eigenvalue weighted by atomic mass is 35.5. The molecule has 0 aliphatic carbocycles. The summed E-state index contributed by atoms with van der Waals surface area (Å²) in [6, 6.07) is 9.02. The lowest BCUT2D eigenvalue weighted by atomic mass is 10.1. The minimum atomic E-state index is -3.91. The van der Waals surface area contributed by atoms with Crippen molar-refractivity contribution in [2.75, 3.05) is 6.54 Å². The van der Waals surface area contributed by atoms with Gasteiger partial charge in [0.2, 0.25) is 10.0 Å². The molecule has 0 spiro atoms. The highest BCUT2D eigenvalue weighted by Gasteiger charge is 2.40. The molecule has 0 amide bonds. The third-order valence-corrected chi connectivity index (χ3v) is 6.16. The molecule has 1 atom stereocenters. The molecule has 1 saturated heterocycles. The molecule has 3 rings (SSSR count). The minimum absolute atomic E-state index is 0.0590. The maximum Gasteiger partial charge on any atom is 0.322 e. The topological polar surface area (TPSA) is 74.7 Å². The maximum absolute atomic E-state index is 12.9. The first-order chi connectivity index (χ1) is 10.4. The van der Waals surface area contributed by atoms with Crippen LogP contribution in [0.15, 0.2) is 41.3 Å². The van der Waals surface area contributed by atoms with Gasteiger partial charge in [-0.15, -0.1) is 0 Å². The average Bonchev–Trinajstić information content (AvgIpc) is 2.97. The second kappa shape index (κ2) is 5.53. The van der Waals surface area contributed by atoms with E-state index in [-0.39, 0.29) is 11.4 Å². The van der Waals surface area contributed by atoms with E-state index in [0.29, 0.717) is 28.6 Å². The predicted octanol–water partition coefficient (Wildman–Crippen LogP) is 2.73. The molecule has 22 heavy (non-hydrogen) atoms. The lowest BCUT2D eigenvalue weighted by molar-refractivity contribution is -0.140. The van der Waals surface area contributed by atoms with Crippen molar-refractivity contribution in [2.45, 2.75) is 23.8 Å². The van der Waals surface area contributed by atoms with Crippen LogP contribution >= 0.6 is 11.6 Å². The molecule has 1 aliphatic rings. The lowest BCUT2D eigenvalue weighted by Crippen LogP contribution is -2.40. The number of carboxylic acids is 1. The van der Waals surface area contributed by atoms with Crippen molar-refractivity contribution in [3.63, 3.8) is 0 Å². The molecule has 116 valence electrons. The van der Waals surface area contributed by atoms with Gasteiger partial charge in [-0.1, -0.05) is 35.9 Å². The molecule has 0 radical (unpaired) electrons. The molecule has 0 bridgehead atoms. The summed E-state index contributed by atoms with van der Waals surface area (Å²) < 4.78 is 26.9. The Hall–Kier alpha value is -1.63. The number of carboxylic acid groups (broad SMARTS) is 1. The van der Waals surface area contributed by atoms with Crippen molar-refractivity contribution in [1.29, 1.82) is 0 Å². The van der Waals surface area contributed by atoms with E-state index in [0.717, 1.165) is 4.31 Å². The Labute approximate surface area is 133 Å². The fraction of sp³-hybridized carbons (Fsp3) is 0.267. The maximum atomic E-state index is 12.9. The second-order valence-corrected chi connectivity index (χ2v) is 7.47. The monoisotopic (exact) mass is 339 g/mol. The summed E-state index contributed by atoms with van der Waals surface area (Å²) in [7, 11) is -3.91. The Morgan fingerprint density at radius 1 is 1.23 bits per heavy atom. The summed E-state index contributed by atoms with van der Waals surface area (Å²) in [5.41, 5.74) is 0. The number of rotatable bonds is 3. The summed E-state index contributed by atoms with van der Waals surface area (Å²) in [6.45, 7) is 0.208. The van der Waals surface area contributed by atoms with Gasteiger partial charge >= 0.3 is 5.97 Å². The number of halogens is 1. The number of hydrogen-bond donors (Lipinski definition) is 1. The summed E-state index contributed by atoms with van der Waals surface area (Å²) in [5, 5.41) is 10.7. The van der Waals surface area contributed by atoms with Gasteiger partial charge in [-0.3, -0.25) is 4.79 Å². The molecule has 1 N–H and O–H groups in total. The van der Waals surface area contributed by atoms with Gasteiger partial charge in [0, 0.05) is 17.0 Å². The van der Waals surface area contributed by atoms with Gasteiger partial charge in [0.15, 0.2) is 0 Å². The largest absolute Gasteiger partial charge is 0.480 e. The molecule has 2 aromatic carbocycles. The zero-order chi connectivity index (χ0) is 15.9. The van der Waals surface area contributed by atoms with Crippen molar-refractivity contribution >= 4 is 38.4 Å². The van der Waals surface area contributed by atoms with Crippen molar-refractivity contribution in [2.24, 2.45) is 0 Å². The third-order valence-electron chi connectivity index (χ3n) is 3.89. The number of benzene rings is 2. The van der Waals surface area contributed by atoms with Crippen LogP contribution in [0, 0.1) is 0 Å². The van der Waals surface area contributed by atoms with Crippen LogP contribution in [0.3, 0.4) is 0 Å². The molecule has 2 aromatic rings. The SMILES string of the molecule is O=C(O)[C@H]1CCCN1S(=O)(=O)c1cccc2cccc(Cl)c12. The summed E-state index contributed by atoms with van der Waals surface area (Å²) in [6.07, 6.45) is 0.863. The Morgan fingerprint density at radius 2 is 1.91 bits per heavy atom. The van der Waals surface area contributed by atoms with Crippen molar-refractivity contribution in [1.82, 2.24) is 4.31 Å². The molecule has 1 heterocycles. The highest BCUT2D eigenvalue weighted by molar-refractivity contribution is 7.89. The molecule has 7 heteroatoms. The van der Waals surface area contributed by atoms with Gasteiger partial charge in [-0.05, 0) is 30.4 Å². The van der Waals surface area contributed by atoms with Crippen LogP contribution in [-0.4, -0.2) is 36.4 Å². The third kappa shape index (κ3) is 2.37. The number of nitrogens with zero attached hydrogens (tertiary/aromatic N) is 1. The average molecular weight is 340 g/mol. The van der Waals surface area contributed by atoms with Crippen LogP contribution in [-0.2, 0) is 14.8 Å². The van der Waals surface area contributed by atoms with Gasteiger partial charge in [0.1, 0.15) is 6.04 Å². The van der Waals surface area contributed by atoms with E-state index in [1.807, 2.05) is 0 Å². The van der Waals surface area contributed by atoms with E-state index < -0.39 is 22.0 Å². The molecule has 1 aliphatic heterocycles. The lowest BCUT2D eigenvalue weighted by Gasteiger charge is -2.22. The predicted molar refractivity (Wildman–Crippen MR) is 83.5 cm³/mol. The quantitative estimate of drug-likeness (QED) is 0.933. The molecular formula is C15H14ClNO4S. The highest BCUT2D eigenvalue weighted by Crippen LogP contribution is 2.34. The fourth-order valence-corrected chi connectivity index (χ4v) is 5.11. The first-order valence-corrected chi connectivity index (χ1v) is 8.66. The van der Waals surface area contributed by atoms with Crippen molar-refractivity contribution in [3.05, 3.63) is 41.4 Å². The van der Waals surface area contributed by atoms with Crippen LogP contribution < -0.4 is 0 Å². The smallest absolute Gasteiger partial charge is 0.322 e. The molecule has 0 aromatic heterocycles. The standard InChI is InChI=1S/C15H14ClNO4S/c16-11-6-1-4-10-5-2-8-13(14(10)11)22(20,21)17-9-3-7-12(17)15(18)19/h1-2,4-6,8,12H,3,7,9H2,(H,18,19)/t12-/m1/s1. The minimum Gasteiger partial charge on any atom is -0.480 e.